The minimum absolute atomic E-state index is 0.716. The standard InChI is InChI=1S/C36H75NO2S/c1-3-5-7-9-11-13-15-17-19-21-23-25-27-29-31-33-35-37(40(38)39)36-34-32-30-28-26-24-22-20-18-16-14-12-10-8-6-4-2/h3-36H2,1-2H3,(H,38,39)/p-1. The van der Waals surface area contributed by atoms with E-state index in [0.29, 0.717) is 13.1 Å². The zero-order valence-electron chi connectivity index (χ0n) is 27.7. The van der Waals surface area contributed by atoms with E-state index in [9.17, 15) is 8.76 Å². The fourth-order valence-corrected chi connectivity index (χ4v) is 6.49. The van der Waals surface area contributed by atoms with Crippen molar-refractivity contribution in [2.75, 3.05) is 13.1 Å². The number of hydrogen-bond acceptors (Lipinski definition) is 2. The molecule has 0 heterocycles. The van der Waals surface area contributed by atoms with Crippen LogP contribution in [0.25, 0.3) is 0 Å². The maximum Gasteiger partial charge on any atom is 0.0209 e. The summed E-state index contributed by atoms with van der Waals surface area (Å²) >= 11 is -2.06. The molecular weight excluding hydrogens is 510 g/mol. The summed E-state index contributed by atoms with van der Waals surface area (Å²) in [6.45, 7) is 6.00. The molecule has 3 nitrogen and oxygen atoms in total. The van der Waals surface area contributed by atoms with E-state index in [1.54, 1.807) is 4.31 Å². The Morgan fingerprint density at radius 3 is 0.700 bits per heavy atom. The van der Waals surface area contributed by atoms with E-state index >= 15 is 0 Å². The summed E-state index contributed by atoms with van der Waals surface area (Å²) in [7, 11) is 0. The Kier molecular flexibility index (Phi) is 35.3. The van der Waals surface area contributed by atoms with Crippen LogP contribution in [0.1, 0.15) is 219 Å². The van der Waals surface area contributed by atoms with E-state index in [1.807, 2.05) is 0 Å². The van der Waals surface area contributed by atoms with E-state index < -0.39 is 11.3 Å². The van der Waals surface area contributed by atoms with Gasteiger partial charge in [-0.05, 0) is 12.8 Å². The quantitative estimate of drug-likeness (QED) is 0.0549. The zero-order valence-corrected chi connectivity index (χ0v) is 28.5. The first kappa shape index (κ1) is 40.1. The maximum atomic E-state index is 11.6. The highest BCUT2D eigenvalue weighted by Gasteiger charge is 2.05. The molecule has 0 aliphatic carbocycles. The molecule has 0 spiro atoms. The summed E-state index contributed by atoms with van der Waals surface area (Å²) in [5.41, 5.74) is 0. The van der Waals surface area contributed by atoms with Crippen molar-refractivity contribution in [2.45, 2.75) is 219 Å². The second kappa shape index (κ2) is 35.3. The molecule has 0 radical (unpaired) electrons. The van der Waals surface area contributed by atoms with Gasteiger partial charge >= 0.3 is 0 Å². The molecule has 0 bridgehead atoms. The summed E-state index contributed by atoms with van der Waals surface area (Å²) < 4.78 is 24.9. The number of nitrogens with zero attached hydrogens (tertiary/aromatic N) is 1. The minimum Gasteiger partial charge on any atom is -0.760 e. The molecule has 1 unspecified atom stereocenters. The van der Waals surface area contributed by atoms with Crippen molar-refractivity contribution in [1.82, 2.24) is 4.31 Å². The first-order valence-corrected chi connectivity index (χ1v) is 19.6. The van der Waals surface area contributed by atoms with Crippen LogP contribution in [0.2, 0.25) is 0 Å². The fraction of sp³-hybridized carbons (Fsp3) is 1.00. The van der Waals surface area contributed by atoms with Gasteiger partial charge in [0.05, 0.1) is 0 Å². The van der Waals surface area contributed by atoms with Gasteiger partial charge in [-0.1, -0.05) is 206 Å². The molecular formula is C36H74NO2S-. The summed E-state index contributed by atoms with van der Waals surface area (Å²) in [5.74, 6) is 0. The van der Waals surface area contributed by atoms with Gasteiger partial charge in [0, 0.05) is 24.4 Å². The highest BCUT2D eigenvalue weighted by Crippen LogP contribution is 2.16. The fourth-order valence-electron chi connectivity index (χ4n) is 5.93. The number of hydrogen-bond donors (Lipinski definition) is 0. The summed E-state index contributed by atoms with van der Waals surface area (Å²) in [4.78, 5) is 0. The Balaban J connectivity index is 3.37. The smallest absolute Gasteiger partial charge is 0.0209 e. The van der Waals surface area contributed by atoms with E-state index in [2.05, 4.69) is 13.8 Å². The average Bonchev–Trinajstić information content (AvgIpc) is 2.95. The zero-order chi connectivity index (χ0) is 29.2. The molecule has 0 aliphatic heterocycles. The monoisotopic (exact) mass is 585 g/mol. The lowest BCUT2D eigenvalue weighted by Crippen LogP contribution is -2.28. The van der Waals surface area contributed by atoms with Crippen molar-refractivity contribution in [3.05, 3.63) is 0 Å². The predicted octanol–water partition coefficient (Wildman–Crippen LogP) is 12.6. The topological polar surface area (TPSA) is 43.4 Å². The summed E-state index contributed by atoms with van der Waals surface area (Å²) in [5, 5.41) is 0. The van der Waals surface area contributed by atoms with Gasteiger partial charge in [-0.15, -0.1) is 0 Å². The van der Waals surface area contributed by atoms with Crippen LogP contribution in [0.5, 0.6) is 0 Å². The van der Waals surface area contributed by atoms with Crippen LogP contribution < -0.4 is 0 Å². The van der Waals surface area contributed by atoms with Crippen LogP contribution in [-0.4, -0.2) is 26.2 Å². The third kappa shape index (κ3) is 32.6. The van der Waals surface area contributed by atoms with Crippen LogP contribution in [0.3, 0.4) is 0 Å². The second-order valence-electron chi connectivity index (χ2n) is 12.8. The Hall–Kier alpha value is 0.0700. The minimum atomic E-state index is -2.06. The first-order chi connectivity index (χ1) is 19.7. The van der Waals surface area contributed by atoms with Gasteiger partial charge in [0.15, 0.2) is 0 Å². The van der Waals surface area contributed by atoms with E-state index in [1.165, 1.54) is 193 Å². The third-order valence-corrected chi connectivity index (χ3v) is 9.52. The Labute approximate surface area is 256 Å². The lowest BCUT2D eigenvalue weighted by Gasteiger charge is -2.24. The SMILES string of the molecule is CCCCCCCCCCCCCCCCCCN(CCCCCCCCCCCCCCCCCC)S(=O)[O-]. The van der Waals surface area contributed by atoms with Gasteiger partial charge in [-0.25, -0.2) is 4.31 Å². The Bertz CT molecular complexity index is 451. The lowest BCUT2D eigenvalue weighted by atomic mass is 10.0. The number of rotatable bonds is 35. The highest BCUT2D eigenvalue weighted by molar-refractivity contribution is 7.76. The summed E-state index contributed by atoms with van der Waals surface area (Å²) in [6.07, 6.45) is 43.4. The highest BCUT2D eigenvalue weighted by atomic mass is 32.2. The van der Waals surface area contributed by atoms with Gasteiger partial charge in [-0.3, -0.25) is 4.21 Å². The van der Waals surface area contributed by atoms with Gasteiger partial charge < -0.3 is 4.55 Å². The molecule has 0 amide bonds. The van der Waals surface area contributed by atoms with Crippen molar-refractivity contribution in [3.63, 3.8) is 0 Å². The lowest BCUT2D eigenvalue weighted by molar-refractivity contribution is 0.366. The predicted molar refractivity (Wildman–Crippen MR) is 180 cm³/mol. The molecule has 0 rings (SSSR count). The molecule has 1 atom stereocenters. The molecule has 4 heteroatoms. The van der Waals surface area contributed by atoms with Crippen molar-refractivity contribution in [3.8, 4) is 0 Å². The summed E-state index contributed by atoms with van der Waals surface area (Å²) in [6, 6.07) is 0. The van der Waals surface area contributed by atoms with Crippen molar-refractivity contribution in [2.24, 2.45) is 0 Å². The van der Waals surface area contributed by atoms with Crippen LogP contribution >= 0.6 is 0 Å². The van der Waals surface area contributed by atoms with Crippen molar-refractivity contribution >= 4 is 11.3 Å². The van der Waals surface area contributed by atoms with Gasteiger partial charge in [0.1, 0.15) is 0 Å². The largest absolute Gasteiger partial charge is 0.760 e. The maximum absolute atomic E-state index is 11.6. The normalized spacial score (nSPS) is 12.5. The van der Waals surface area contributed by atoms with E-state index in [-0.39, 0.29) is 0 Å². The van der Waals surface area contributed by atoms with Crippen LogP contribution in [0.4, 0.5) is 0 Å². The molecule has 0 saturated heterocycles. The van der Waals surface area contributed by atoms with Crippen LogP contribution in [0.15, 0.2) is 0 Å². The average molecular weight is 585 g/mol. The van der Waals surface area contributed by atoms with Crippen molar-refractivity contribution in [1.29, 1.82) is 0 Å². The van der Waals surface area contributed by atoms with Gasteiger partial charge in [0.25, 0.3) is 0 Å². The Morgan fingerprint density at radius 1 is 0.350 bits per heavy atom. The van der Waals surface area contributed by atoms with Crippen LogP contribution in [-0.2, 0) is 11.3 Å². The first-order valence-electron chi connectivity index (χ1n) is 18.6. The molecule has 242 valence electrons. The molecule has 0 aromatic rings. The molecule has 0 saturated carbocycles. The third-order valence-electron chi connectivity index (χ3n) is 8.73. The molecule has 0 aromatic heterocycles. The van der Waals surface area contributed by atoms with Gasteiger partial charge in [0.2, 0.25) is 0 Å². The van der Waals surface area contributed by atoms with E-state index in [0.717, 1.165) is 12.8 Å². The van der Waals surface area contributed by atoms with Crippen LogP contribution in [0, 0.1) is 0 Å². The van der Waals surface area contributed by atoms with Gasteiger partial charge in [-0.2, -0.15) is 0 Å². The molecule has 40 heavy (non-hydrogen) atoms. The van der Waals surface area contributed by atoms with Crippen molar-refractivity contribution < 1.29 is 8.76 Å². The molecule has 0 aliphatic rings. The van der Waals surface area contributed by atoms with E-state index in [4.69, 9.17) is 0 Å². The second-order valence-corrected chi connectivity index (χ2v) is 13.7. The molecule has 0 fully saturated rings. The number of unbranched alkanes of at least 4 members (excludes halogenated alkanes) is 30. The molecule has 0 N–H and O–H groups in total. The molecule has 0 aromatic carbocycles. The Morgan fingerprint density at radius 2 is 0.525 bits per heavy atom.